The number of aromatic amines is 1. The van der Waals surface area contributed by atoms with Gasteiger partial charge in [0.05, 0.1) is 11.8 Å². The zero-order valence-electron chi connectivity index (χ0n) is 14.5. The van der Waals surface area contributed by atoms with E-state index in [4.69, 9.17) is 0 Å². The summed E-state index contributed by atoms with van der Waals surface area (Å²) in [4.78, 5) is 17.6. The van der Waals surface area contributed by atoms with Crippen LogP contribution in [0.5, 0.6) is 0 Å². The highest BCUT2D eigenvalue weighted by Crippen LogP contribution is 2.17. The van der Waals surface area contributed by atoms with Gasteiger partial charge in [-0.05, 0) is 37.6 Å². The fourth-order valence-corrected chi connectivity index (χ4v) is 2.85. The highest BCUT2D eigenvalue weighted by molar-refractivity contribution is 6.06. The molecule has 5 nitrogen and oxygen atoms in total. The van der Waals surface area contributed by atoms with E-state index < -0.39 is 0 Å². The molecule has 0 bridgehead atoms. The van der Waals surface area contributed by atoms with Crippen LogP contribution in [0.25, 0.3) is 10.9 Å². The summed E-state index contributed by atoms with van der Waals surface area (Å²) in [5, 5.41) is 4.95. The van der Waals surface area contributed by atoms with Crippen LogP contribution >= 0.6 is 0 Å². The largest absolute Gasteiger partial charge is 0.372 e. The van der Waals surface area contributed by atoms with Crippen LogP contribution in [0.3, 0.4) is 0 Å². The molecule has 0 aliphatic heterocycles. The lowest BCUT2D eigenvalue weighted by Gasteiger charge is -2.20. The van der Waals surface area contributed by atoms with Gasteiger partial charge in [0.2, 0.25) is 0 Å². The first kappa shape index (κ1) is 16.8. The molecule has 3 aromatic rings. The zero-order valence-corrected chi connectivity index (χ0v) is 14.5. The van der Waals surface area contributed by atoms with E-state index in [1.165, 1.54) is 5.69 Å². The van der Waals surface area contributed by atoms with Crippen molar-refractivity contribution < 1.29 is 4.79 Å². The number of carbonyl (C=O) groups is 1. The van der Waals surface area contributed by atoms with Crippen molar-refractivity contribution >= 4 is 28.7 Å². The molecule has 0 radical (unpaired) electrons. The molecule has 1 heterocycles. The Hall–Kier alpha value is -3.08. The predicted octanol–water partition coefficient (Wildman–Crippen LogP) is 3.78. The monoisotopic (exact) mass is 334 g/mol. The summed E-state index contributed by atoms with van der Waals surface area (Å²) in [5.74, 6) is -0.228. The van der Waals surface area contributed by atoms with Gasteiger partial charge in [0.15, 0.2) is 0 Å². The Morgan fingerprint density at radius 2 is 1.84 bits per heavy atom. The number of para-hydroxylation sites is 1. The molecule has 0 saturated heterocycles. The molecule has 5 heteroatoms. The average molecular weight is 334 g/mol. The summed E-state index contributed by atoms with van der Waals surface area (Å²) in [6.45, 7) is 6.23. The minimum Gasteiger partial charge on any atom is -0.372 e. The molecule has 0 spiro atoms. The Balaban J connectivity index is 1.65. The van der Waals surface area contributed by atoms with E-state index in [1.54, 1.807) is 12.4 Å². The van der Waals surface area contributed by atoms with Gasteiger partial charge in [-0.2, -0.15) is 5.10 Å². The van der Waals surface area contributed by atoms with Crippen LogP contribution in [-0.2, 0) is 0 Å². The number of anilines is 1. The molecule has 1 amide bonds. The molecular formula is C20H22N4O. The van der Waals surface area contributed by atoms with Crippen LogP contribution in [0.2, 0.25) is 0 Å². The summed E-state index contributed by atoms with van der Waals surface area (Å²) >= 11 is 0. The normalized spacial score (nSPS) is 11.1. The number of nitrogens with zero attached hydrogens (tertiary/aromatic N) is 2. The first-order chi connectivity index (χ1) is 12.2. The molecule has 25 heavy (non-hydrogen) atoms. The van der Waals surface area contributed by atoms with Gasteiger partial charge in [-0.25, -0.2) is 5.43 Å². The van der Waals surface area contributed by atoms with Crippen molar-refractivity contribution in [3.8, 4) is 0 Å². The standard InChI is InChI=1S/C20H22N4O/c1-3-24(4-2)16-11-9-15(10-12-16)13-22-23-20(25)18-14-21-19-8-6-5-7-17(18)19/h5-14,21H,3-4H2,1-2H3,(H,23,25). The van der Waals surface area contributed by atoms with Crippen LogP contribution in [0, 0.1) is 0 Å². The maximum atomic E-state index is 12.3. The second kappa shape index (κ2) is 7.66. The van der Waals surface area contributed by atoms with Gasteiger partial charge in [0.1, 0.15) is 0 Å². The summed E-state index contributed by atoms with van der Waals surface area (Å²) in [6, 6.07) is 15.8. The molecule has 0 atom stereocenters. The molecular weight excluding hydrogens is 312 g/mol. The van der Waals surface area contributed by atoms with Gasteiger partial charge in [0, 0.05) is 35.9 Å². The molecule has 3 rings (SSSR count). The third-order valence-electron chi connectivity index (χ3n) is 4.24. The molecule has 0 aliphatic carbocycles. The van der Waals surface area contributed by atoms with E-state index in [0.717, 1.165) is 29.6 Å². The predicted molar refractivity (Wildman–Crippen MR) is 103 cm³/mol. The van der Waals surface area contributed by atoms with E-state index in [2.05, 4.69) is 46.4 Å². The number of fused-ring (bicyclic) bond motifs is 1. The van der Waals surface area contributed by atoms with Gasteiger partial charge in [-0.1, -0.05) is 30.3 Å². The molecule has 0 saturated carbocycles. The lowest BCUT2D eigenvalue weighted by Crippen LogP contribution is -2.21. The summed E-state index contributed by atoms with van der Waals surface area (Å²) < 4.78 is 0. The van der Waals surface area contributed by atoms with E-state index in [9.17, 15) is 4.79 Å². The topological polar surface area (TPSA) is 60.5 Å². The average Bonchev–Trinajstić information content (AvgIpc) is 3.08. The van der Waals surface area contributed by atoms with Crippen molar-refractivity contribution in [2.75, 3.05) is 18.0 Å². The number of nitrogens with one attached hydrogen (secondary N) is 2. The second-order valence-corrected chi connectivity index (χ2v) is 5.71. The van der Waals surface area contributed by atoms with Crippen molar-refractivity contribution in [3.05, 3.63) is 65.9 Å². The Morgan fingerprint density at radius 3 is 2.56 bits per heavy atom. The van der Waals surface area contributed by atoms with E-state index >= 15 is 0 Å². The fourth-order valence-electron chi connectivity index (χ4n) is 2.85. The molecule has 0 aliphatic rings. The number of hydrogen-bond acceptors (Lipinski definition) is 3. The lowest BCUT2D eigenvalue weighted by molar-refractivity contribution is 0.0957. The van der Waals surface area contributed by atoms with Gasteiger partial charge >= 0.3 is 0 Å². The summed E-state index contributed by atoms with van der Waals surface area (Å²) in [7, 11) is 0. The maximum Gasteiger partial charge on any atom is 0.273 e. The number of hydrogen-bond donors (Lipinski definition) is 2. The van der Waals surface area contributed by atoms with Crippen molar-refractivity contribution in [3.63, 3.8) is 0 Å². The first-order valence-corrected chi connectivity index (χ1v) is 8.47. The number of aromatic nitrogens is 1. The number of amides is 1. The van der Waals surface area contributed by atoms with Crippen LogP contribution in [-0.4, -0.2) is 30.2 Å². The maximum absolute atomic E-state index is 12.3. The Morgan fingerprint density at radius 1 is 1.12 bits per heavy atom. The molecule has 1 aromatic heterocycles. The quantitative estimate of drug-likeness (QED) is 0.532. The highest BCUT2D eigenvalue weighted by atomic mass is 16.2. The molecule has 128 valence electrons. The van der Waals surface area contributed by atoms with Crippen molar-refractivity contribution in [1.29, 1.82) is 0 Å². The van der Waals surface area contributed by atoms with Gasteiger partial charge in [-0.15, -0.1) is 0 Å². The number of hydrazone groups is 1. The van der Waals surface area contributed by atoms with Crippen molar-refractivity contribution in [2.24, 2.45) is 5.10 Å². The summed E-state index contributed by atoms with van der Waals surface area (Å²) in [5.41, 5.74) is 6.23. The highest BCUT2D eigenvalue weighted by Gasteiger charge is 2.10. The molecule has 2 aromatic carbocycles. The van der Waals surface area contributed by atoms with Crippen LogP contribution < -0.4 is 10.3 Å². The van der Waals surface area contributed by atoms with E-state index in [0.29, 0.717) is 5.56 Å². The Labute approximate surface area is 147 Å². The van der Waals surface area contributed by atoms with Crippen molar-refractivity contribution in [1.82, 2.24) is 10.4 Å². The lowest BCUT2D eigenvalue weighted by atomic mass is 10.2. The number of H-pyrrole nitrogens is 1. The van der Waals surface area contributed by atoms with Crippen LogP contribution in [0.4, 0.5) is 5.69 Å². The number of rotatable bonds is 6. The Bertz CT molecular complexity index is 876. The fraction of sp³-hybridized carbons (Fsp3) is 0.200. The minimum atomic E-state index is -0.228. The third-order valence-corrected chi connectivity index (χ3v) is 4.24. The van der Waals surface area contributed by atoms with E-state index in [-0.39, 0.29) is 5.91 Å². The second-order valence-electron chi connectivity index (χ2n) is 5.71. The van der Waals surface area contributed by atoms with Gasteiger partial charge in [0.25, 0.3) is 5.91 Å². The van der Waals surface area contributed by atoms with Gasteiger partial charge in [-0.3, -0.25) is 4.79 Å². The first-order valence-electron chi connectivity index (χ1n) is 8.47. The molecule has 0 fully saturated rings. The molecule has 0 unspecified atom stereocenters. The number of carbonyl (C=O) groups excluding carboxylic acids is 1. The number of benzene rings is 2. The van der Waals surface area contributed by atoms with Crippen molar-refractivity contribution in [2.45, 2.75) is 13.8 Å². The minimum absolute atomic E-state index is 0.228. The SMILES string of the molecule is CCN(CC)c1ccc(C=NNC(=O)c2c[nH]c3ccccc23)cc1. The van der Waals surface area contributed by atoms with Crippen LogP contribution in [0.15, 0.2) is 59.8 Å². The van der Waals surface area contributed by atoms with Gasteiger partial charge < -0.3 is 9.88 Å². The third kappa shape index (κ3) is 3.71. The molecule has 2 N–H and O–H groups in total. The summed E-state index contributed by atoms with van der Waals surface area (Å²) in [6.07, 6.45) is 3.35. The zero-order chi connectivity index (χ0) is 17.6. The Kier molecular flexibility index (Phi) is 5.14. The van der Waals surface area contributed by atoms with Crippen LogP contribution in [0.1, 0.15) is 29.8 Å². The van der Waals surface area contributed by atoms with E-state index in [1.807, 2.05) is 36.4 Å². The smallest absolute Gasteiger partial charge is 0.273 e.